The molecule has 136 valence electrons. The maximum absolute atomic E-state index is 13.0. The van der Waals surface area contributed by atoms with Crippen LogP contribution in [0.5, 0.6) is 0 Å². The standard InChI is InChI=1S/C16H12F3N3O2S2/c17-16(18,19)12-4-1-2-5-13(12)21-14-8-7-11(10-20-14)22-26(23,24)15-6-3-9-25-15/h1-10,22H,(H,20,21). The molecule has 0 saturated heterocycles. The molecule has 5 nitrogen and oxygen atoms in total. The minimum Gasteiger partial charge on any atom is -0.340 e. The molecule has 3 rings (SSSR count). The molecule has 0 bridgehead atoms. The van der Waals surface area contributed by atoms with E-state index >= 15 is 0 Å². The van der Waals surface area contributed by atoms with Gasteiger partial charge in [0.05, 0.1) is 23.1 Å². The van der Waals surface area contributed by atoms with Crippen molar-refractivity contribution in [1.29, 1.82) is 0 Å². The minimum absolute atomic E-state index is 0.139. The predicted molar refractivity (Wildman–Crippen MR) is 94.1 cm³/mol. The molecule has 2 heterocycles. The Balaban J connectivity index is 1.77. The molecule has 0 amide bonds. The molecule has 1 aromatic carbocycles. The molecule has 0 atom stereocenters. The number of rotatable bonds is 5. The number of alkyl halides is 3. The van der Waals surface area contributed by atoms with Gasteiger partial charge in [-0.05, 0) is 35.7 Å². The zero-order chi connectivity index (χ0) is 18.8. The topological polar surface area (TPSA) is 71.1 Å². The molecule has 0 radical (unpaired) electrons. The summed E-state index contributed by atoms with van der Waals surface area (Å²) in [5.74, 6) is 0.153. The van der Waals surface area contributed by atoms with E-state index in [1.165, 1.54) is 42.6 Å². The van der Waals surface area contributed by atoms with Gasteiger partial charge in [0, 0.05) is 0 Å². The van der Waals surface area contributed by atoms with Gasteiger partial charge in [0.15, 0.2) is 0 Å². The zero-order valence-corrected chi connectivity index (χ0v) is 14.6. The summed E-state index contributed by atoms with van der Waals surface area (Å²) >= 11 is 1.07. The van der Waals surface area contributed by atoms with Gasteiger partial charge in [0.1, 0.15) is 10.0 Å². The smallest absolute Gasteiger partial charge is 0.340 e. The minimum atomic E-state index is -4.50. The lowest BCUT2D eigenvalue weighted by atomic mass is 10.1. The third-order valence-electron chi connectivity index (χ3n) is 3.27. The molecular formula is C16H12F3N3O2S2. The number of hydrogen-bond donors (Lipinski definition) is 2. The van der Waals surface area contributed by atoms with Crippen LogP contribution < -0.4 is 10.0 Å². The van der Waals surface area contributed by atoms with Crippen LogP contribution in [0.1, 0.15) is 5.56 Å². The fourth-order valence-electron chi connectivity index (χ4n) is 2.13. The van der Waals surface area contributed by atoms with Crippen LogP contribution in [0, 0.1) is 0 Å². The van der Waals surface area contributed by atoms with Crippen LogP contribution in [0.15, 0.2) is 64.3 Å². The Morgan fingerprint density at radius 3 is 2.38 bits per heavy atom. The molecule has 0 spiro atoms. The molecule has 3 aromatic rings. The number of anilines is 3. The Hall–Kier alpha value is -2.59. The number of aromatic nitrogens is 1. The lowest BCUT2D eigenvalue weighted by molar-refractivity contribution is -0.136. The van der Waals surface area contributed by atoms with E-state index < -0.39 is 21.8 Å². The number of pyridine rings is 1. The molecule has 0 unspecified atom stereocenters. The van der Waals surface area contributed by atoms with E-state index in [1.54, 1.807) is 11.4 Å². The van der Waals surface area contributed by atoms with Gasteiger partial charge in [0.25, 0.3) is 10.0 Å². The Morgan fingerprint density at radius 2 is 1.77 bits per heavy atom. The molecule has 0 saturated carbocycles. The maximum Gasteiger partial charge on any atom is 0.418 e. The van der Waals surface area contributed by atoms with Crippen LogP contribution in [-0.2, 0) is 16.2 Å². The van der Waals surface area contributed by atoms with E-state index in [4.69, 9.17) is 0 Å². The summed E-state index contributed by atoms with van der Waals surface area (Å²) in [7, 11) is -3.71. The van der Waals surface area contributed by atoms with Crippen LogP contribution >= 0.6 is 11.3 Å². The average Bonchev–Trinajstić information content (AvgIpc) is 3.11. The Morgan fingerprint density at radius 1 is 1.00 bits per heavy atom. The average molecular weight is 399 g/mol. The largest absolute Gasteiger partial charge is 0.418 e. The van der Waals surface area contributed by atoms with Gasteiger partial charge in [-0.25, -0.2) is 13.4 Å². The first-order valence-corrected chi connectivity index (χ1v) is 9.58. The first kappa shape index (κ1) is 18.2. The highest BCUT2D eigenvalue weighted by Crippen LogP contribution is 2.35. The van der Waals surface area contributed by atoms with Crippen molar-refractivity contribution >= 4 is 38.6 Å². The summed E-state index contributed by atoms with van der Waals surface area (Å²) < 4.78 is 65.8. The number of nitrogens with one attached hydrogen (secondary N) is 2. The predicted octanol–water partition coefficient (Wildman–Crippen LogP) is 4.71. The molecule has 0 aliphatic carbocycles. The molecule has 26 heavy (non-hydrogen) atoms. The summed E-state index contributed by atoms with van der Waals surface area (Å²) in [6, 6.07) is 10.9. The quantitative estimate of drug-likeness (QED) is 0.652. The number of benzene rings is 1. The molecule has 0 aliphatic rings. The van der Waals surface area contributed by atoms with E-state index in [0.717, 1.165) is 17.4 Å². The normalized spacial score (nSPS) is 12.0. The Kier molecular flexibility index (Phi) is 4.88. The van der Waals surface area contributed by atoms with Crippen molar-refractivity contribution in [1.82, 2.24) is 4.98 Å². The van der Waals surface area contributed by atoms with Crippen molar-refractivity contribution in [3.05, 3.63) is 65.7 Å². The van der Waals surface area contributed by atoms with Crippen molar-refractivity contribution in [3.8, 4) is 0 Å². The monoisotopic (exact) mass is 399 g/mol. The molecular weight excluding hydrogens is 387 g/mol. The van der Waals surface area contributed by atoms with Gasteiger partial charge in [-0.1, -0.05) is 18.2 Å². The fraction of sp³-hybridized carbons (Fsp3) is 0.0625. The molecule has 10 heteroatoms. The number of hydrogen-bond acceptors (Lipinski definition) is 5. The third-order valence-corrected chi connectivity index (χ3v) is 6.05. The molecule has 2 aromatic heterocycles. The Bertz CT molecular complexity index is 986. The molecule has 0 fully saturated rings. The van der Waals surface area contributed by atoms with Gasteiger partial charge in [-0.15, -0.1) is 11.3 Å². The highest BCUT2D eigenvalue weighted by molar-refractivity contribution is 7.94. The highest BCUT2D eigenvalue weighted by Gasteiger charge is 2.33. The van der Waals surface area contributed by atoms with Crippen LogP contribution in [0.2, 0.25) is 0 Å². The van der Waals surface area contributed by atoms with E-state index in [0.29, 0.717) is 0 Å². The summed E-state index contributed by atoms with van der Waals surface area (Å²) in [4.78, 5) is 3.96. The summed E-state index contributed by atoms with van der Waals surface area (Å²) in [5, 5.41) is 4.23. The second-order valence-electron chi connectivity index (χ2n) is 5.14. The fourth-order valence-corrected chi connectivity index (χ4v) is 4.16. The first-order chi connectivity index (χ1) is 12.3. The third kappa shape index (κ3) is 4.14. The first-order valence-electron chi connectivity index (χ1n) is 7.21. The molecule has 0 aliphatic heterocycles. The van der Waals surface area contributed by atoms with Crippen molar-refractivity contribution in [2.45, 2.75) is 10.4 Å². The van der Waals surface area contributed by atoms with E-state index in [1.807, 2.05) is 0 Å². The van der Waals surface area contributed by atoms with E-state index in [2.05, 4.69) is 15.0 Å². The van der Waals surface area contributed by atoms with Gasteiger partial charge in [0.2, 0.25) is 0 Å². The van der Waals surface area contributed by atoms with E-state index in [9.17, 15) is 21.6 Å². The highest BCUT2D eigenvalue weighted by atomic mass is 32.2. The van der Waals surface area contributed by atoms with Crippen LogP contribution in [0.25, 0.3) is 0 Å². The van der Waals surface area contributed by atoms with Gasteiger partial charge in [-0.2, -0.15) is 13.2 Å². The van der Waals surface area contributed by atoms with Crippen molar-refractivity contribution in [3.63, 3.8) is 0 Å². The lowest BCUT2D eigenvalue weighted by Crippen LogP contribution is -2.12. The van der Waals surface area contributed by atoms with Crippen LogP contribution in [0.3, 0.4) is 0 Å². The van der Waals surface area contributed by atoms with Gasteiger partial charge >= 0.3 is 6.18 Å². The van der Waals surface area contributed by atoms with E-state index in [-0.39, 0.29) is 21.4 Å². The van der Waals surface area contributed by atoms with Crippen molar-refractivity contribution in [2.75, 3.05) is 10.0 Å². The summed E-state index contributed by atoms with van der Waals surface area (Å²) in [6.07, 6.45) is -3.27. The Labute approximate surface area is 151 Å². The second-order valence-corrected chi connectivity index (χ2v) is 7.99. The molecule has 2 N–H and O–H groups in total. The second kappa shape index (κ2) is 6.96. The van der Waals surface area contributed by atoms with Crippen LogP contribution in [-0.4, -0.2) is 13.4 Å². The summed E-state index contributed by atoms with van der Waals surface area (Å²) in [6.45, 7) is 0. The number of thiophene rings is 1. The number of para-hydroxylation sites is 1. The maximum atomic E-state index is 13.0. The number of sulfonamides is 1. The number of nitrogens with zero attached hydrogens (tertiary/aromatic N) is 1. The van der Waals surface area contributed by atoms with Crippen LogP contribution in [0.4, 0.5) is 30.4 Å². The van der Waals surface area contributed by atoms with Crippen molar-refractivity contribution in [2.24, 2.45) is 0 Å². The summed E-state index contributed by atoms with van der Waals surface area (Å²) in [5.41, 5.74) is -0.753. The SMILES string of the molecule is O=S(=O)(Nc1ccc(Nc2ccccc2C(F)(F)F)nc1)c1cccs1. The van der Waals surface area contributed by atoms with Gasteiger partial charge < -0.3 is 5.32 Å². The lowest BCUT2D eigenvalue weighted by Gasteiger charge is -2.14. The number of halogens is 3. The van der Waals surface area contributed by atoms with Crippen molar-refractivity contribution < 1.29 is 21.6 Å². The zero-order valence-electron chi connectivity index (χ0n) is 13.0. The van der Waals surface area contributed by atoms with Gasteiger partial charge in [-0.3, -0.25) is 4.72 Å².